The number of ether oxygens (including phenoxy) is 1. The number of rotatable bonds is 6. The van der Waals surface area contributed by atoms with Crippen molar-refractivity contribution in [2.24, 2.45) is 0 Å². The Morgan fingerprint density at radius 3 is 2.81 bits per heavy atom. The summed E-state index contributed by atoms with van der Waals surface area (Å²) >= 11 is 0. The summed E-state index contributed by atoms with van der Waals surface area (Å²) in [5.74, 6) is -1.42. The number of carboxylic acid groups (broad SMARTS) is 1. The molecule has 0 unspecified atom stereocenters. The van der Waals surface area contributed by atoms with Gasteiger partial charge in [0.15, 0.2) is 0 Å². The summed E-state index contributed by atoms with van der Waals surface area (Å²) in [4.78, 5) is 24.6. The van der Waals surface area contributed by atoms with Crippen LogP contribution < -0.4 is 15.4 Å². The van der Waals surface area contributed by atoms with Crippen LogP contribution in [0.3, 0.4) is 0 Å². The Balaban J connectivity index is 1.75. The Morgan fingerprint density at radius 1 is 1.26 bits per heavy atom. The number of halogens is 1. The van der Waals surface area contributed by atoms with E-state index in [-0.39, 0.29) is 22.8 Å². The van der Waals surface area contributed by atoms with Gasteiger partial charge >= 0.3 is 5.97 Å². The quantitative estimate of drug-likeness (QED) is 0.560. The number of carboxylic acids is 1. The Labute approximate surface area is 177 Å². The van der Waals surface area contributed by atoms with Gasteiger partial charge in [0.1, 0.15) is 34.7 Å². The summed E-state index contributed by atoms with van der Waals surface area (Å²) in [7, 11) is 0. The first-order chi connectivity index (χ1) is 15.0. The third-order valence-electron chi connectivity index (χ3n) is 4.73. The maximum absolute atomic E-state index is 13.4. The molecule has 0 fully saturated rings. The van der Waals surface area contributed by atoms with E-state index in [2.05, 4.69) is 15.7 Å². The predicted octanol–water partition coefficient (Wildman–Crippen LogP) is 3.66. The molecule has 3 aromatic rings. The van der Waals surface area contributed by atoms with Gasteiger partial charge in [0, 0.05) is 11.3 Å². The lowest BCUT2D eigenvalue weighted by Gasteiger charge is -2.25. The minimum absolute atomic E-state index is 0.0934. The van der Waals surface area contributed by atoms with Crippen LogP contribution in [-0.2, 0) is 4.79 Å². The second-order valence-electron chi connectivity index (χ2n) is 6.74. The van der Waals surface area contributed by atoms with E-state index in [4.69, 9.17) is 4.74 Å². The van der Waals surface area contributed by atoms with Crippen molar-refractivity contribution in [2.45, 2.75) is 13.0 Å². The zero-order valence-corrected chi connectivity index (χ0v) is 16.5. The minimum Gasteiger partial charge on any atom is -0.494 e. The van der Waals surface area contributed by atoms with Crippen molar-refractivity contribution in [3.05, 3.63) is 83.4 Å². The number of carbonyl (C=O) groups excluding carboxylic acids is 1. The highest BCUT2D eigenvalue weighted by Gasteiger charge is 2.30. The average Bonchev–Trinajstić information content (AvgIpc) is 3.18. The number of aliphatic carboxylic acids is 1. The molecule has 1 aliphatic heterocycles. The number of para-hydroxylation sites is 1. The van der Waals surface area contributed by atoms with Crippen LogP contribution >= 0.6 is 0 Å². The highest BCUT2D eigenvalue weighted by atomic mass is 19.1. The highest BCUT2D eigenvalue weighted by Crippen LogP contribution is 2.36. The first-order valence-electron chi connectivity index (χ1n) is 9.56. The molecule has 0 aliphatic carbocycles. The van der Waals surface area contributed by atoms with Crippen molar-refractivity contribution in [1.29, 1.82) is 0 Å². The molecular formula is C22H19FN4O4. The lowest BCUT2D eigenvalue weighted by atomic mass is 10.0. The zero-order chi connectivity index (χ0) is 22.0. The number of fused-ring (bicyclic) bond motifs is 1. The molecule has 158 valence electrons. The molecule has 0 saturated carbocycles. The van der Waals surface area contributed by atoms with Crippen LogP contribution in [0.4, 0.5) is 15.9 Å². The molecule has 0 saturated heterocycles. The van der Waals surface area contributed by atoms with Crippen molar-refractivity contribution in [3.63, 3.8) is 0 Å². The van der Waals surface area contributed by atoms with Gasteiger partial charge in [-0.1, -0.05) is 24.3 Å². The number of hydrogen-bond donors (Lipinski definition) is 3. The van der Waals surface area contributed by atoms with Crippen molar-refractivity contribution in [3.8, 4) is 5.75 Å². The highest BCUT2D eigenvalue weighted by molar-refractivity contribution is 6.08. The number of benzene rings is 2. The number of allylic oxidation sites excluding steroid dienone is 1. The van der Waals surface area contributed by atoms with Crippen LogP contribution in [0.2, 0.25) is 0 Å². The summed E-state index contributed by atoms with van der Waals surface area (Å²) in [6, 6.07) is 12.1. The van der Waals surface area contributed by atoms with Crippen molar-refractivity contribution in [2.75, 3.05) is 17.2 Å². The van der Waals surface area contributed by atoms with Gasteiger partial charge in [0.2, 0.25) is 0 Å². The van der Waals surface area contributed by atoms with Gasteiger partial charge in [-0.25, -0.2) is 13.9 Å². The molecule has 0 spiro atoms. The molecule has 1 aromatic heterocycles. The third kappa shape index (κ3) is 3.97. The van der Waals surface area contributed by atoms with Crippen LogP contribution in [0.25, 0.3) is 0 Å². The molecule has 9 heteroatoms. The summed E-state index contributed by atoms with van der Waals surface area (Å²) in [6.07, 6.45) is 2.85. The van der Waals surface area contributed by atoms with E-state index < -0.39 is 23.7 Å². The van der Waals surface area contributed by atoms with Crippen LogP contribution in [0.15, 0.2) is 66.5 Å². The molecule has 8 nitrogen and oxygen atoms in total. The van der Waals surface area contributed by atoms with Gasteiger partial charge in [-0.2, -0.15) is 5.10 Å². The Morgan fingerprint density at radius 2 is 2.06 bits per heavy atom. The van der Waals surface area contributed by atoms with E-state index in [0.717, 1.165) is 0 Å². The fourth-order valence-corrected chi connectivity index (χ4v) is 3.38. The van der Waals surface area contributed by atoms with Crippen LogP contribution in [0.5, 0.6) is 5.75 Å². The van der Waals surface area contributed by atoms with Gasteiger partial charge in [0.05, 0.1) is 12.8 Å². The lowest BCUT2D eigenvalue weighted by molar-refractivity contribution is -0.132. The number of hydrogen-bond acceptors (Lipinski definition) is 5. The monoisotopic (exact) mass is 422 g/mol. The van der Waals surface area contributed by atoms with Crippen LogP contribution in [0, 0.1) is 5.82 Å². The number of nitrogens with zero attached hydrogens (tertiary/aromatic N) is 2. The lowest BCUT2D eigenvalue weighted by Crippen LogP contribution is -2.26. The van der Waals surface area contributed by atoms with Gasteiger partial charge in [-0.15, -0.1) is 0 Å². The van der Waals surface area contributed by atoms with E-state index in [0.29, 0.717) is 17.9 Å². The molecule has 31 heavy (non-hydrogen) atoms. The Hall–Kier alpha value is -4.14. The van der Waals surface area contributed by atoms with E-state index in [1.165, 1.54) is 35.2 Å². The summed E-state index contributed by atoms with van der Waals surface area (Å²) < 4.78 is 20.7. The third-order valence-corrected chi connectivity index (χ3v) is 4.73. The first kappa shape index (κ1) is 20.1. The second kappa shape index (κ2) is 8.31. The summed E-state index contributed by atoms with van der Waals surface area (Å²) in [5.41, 5.74) is 0.998. The molecule has 1 aliphatic rings. The standard InChI is InChI=1S/C22H19FN4O4/c1-2-31-19-9-4-3-8-15(19)18-11-17(22(29)30)26-20-16(12-24-27(18)20)21(28)25-14-7-5-6-13(23)10-14/h3-12,18,26H,2H2,1H3,(H,25,28)(H,29,30)/t18-/m0/s1. The first-order valence-corrected chi connectivity index (χ1v) is 9.56. The number of nitrogens with one attached hydrogen (secondary N) is 2. The summed E-state index contributed by atoms with van der Waals surface area (Å²) in [6.45, 7) is 2.29. The maximum atomic E-state index is 13.4. The predicted molar refractivity (Wildman–Crippen MR) is 112 cm³/mol. The topological polar surface area (TPSA) is 105 Å². The molecule has 4 rings (SSSR count). The van der Waals surface area contributed by atoms with E-state index in [1.807, 2.05) is 25.1 Å². The van der Waals surface area contributed by atoms with Gasteiger partial charge in [-0.05, 0) is 37.3 Å². The molecule has 2 aromatic carbocycles. The molecule has 1 atom stereocenters. The van der Waals surface area contributed by atoms with Gasteiger partial charge < -0.3 is 20.5 Å². The van der Waals surface area contributed by atoms with Crippen molar-refractivity contribution in [1.82, 2.24) is 9.78 Å². The fraction of sp³-hybridized carbons (Fsp3) is 0.136. The molecule has 0 bridgehead atoms. The Bertz CT molecular complexity index is 1190. The largest absolute Gasteiger partial charge is 0.494 e. The van der Waals surface area contributed by atoms with E-state index >= 15 is 0 Å². The second-order valence-corrected chi connectivity index (χ2v) is 6.74. The number of aromatic nitrogens is 2. The summed E-state index contributed by atoms with van der Waals surface area (Å²) in [5, 5.41) is 19.3. The average molecular weight is 422 g/mol. The van der Waals surface area contributed by atoms with E-state index in [9.17, 15) is 19.1 Å². The van der Waals surface area contributed by atoms with Gasteiger partial charge in [0.25, 0.3) is 5.91 Å². The molecule has 1 amide bonds. The van der Waals surface area contributed by atoms with Crippen molar-refractivity contribution >= 4 is 23.4 Å². The molecular weight excluding hydrogens is 403 g/mol. The molecule has 2 heterocycles. The smallest absolute Gasteiger partial charge is 0.352 e. The maximum Gasteiger partial charge on any atom is 0.352 e. The van der Waals surface area contributed by atoms with Crippen LogP contribution in [0.1, 0.15) is 28.9 Å². The van der Waals surface area contributed by atoms with Gasteiger partial charge in [-0.3, -0.25) is 4.79 Å². The van der Waals surface area contributed by atoms with Crippen molar-refractivity contribution < 1.29 is 23.8 Å². The number of carbonyl (C=O) groups is 2. The van der Waals surface area contributed by atoms with E-state index in [1.54, 1.807) is 12.1 Å². The SMILES string of the molecule is CCOc1ccccc1[C@@H]1C=C(C(=O)O)Nc2c(C(=O)Nc3cccc(F)c3)cnn21. The normalized spacial score (nSPS) is 14.8. The molecule has 3 N–H and O–H groups in total. The Kier molecular flexibility index (Phi) is 5.40. The number of amides is 1. The molecule has 0 radical (unpaired) electrons. The van der Waals surface area contributed by atoms with Crippen LogP contribution in [-0.4, -0.2) is 33.4 Å². The fourth-order valence-electron chi connectivity index (χ4n) is 3.38. The minimum atomic E-state index is -1.18. The number of anilines is 2. The zero-order valence-electron chi connectivity index (χ0n) is 16.5.